The highest BCUT2D eigenvalue weighted by Gasteiger charge is 1.92. The van der Waals surface area contributed by atoms with Crippen LogP contribution >= 0.6 is 0 Å². The van der Waals surface area contributed by atoms with Crippen molar-refractivity contribution in [2.45, 2.75) is 6.42 Å². The highest BCUT2D eigenvalue weighted by Crippen LogP contribution is 2.09. The van der Waals surface area contributed by atoms with E-state index in [0.29, 0.717) is 0 Å². The number of hydrogen-bond acceptors (Lipinski definition) is 0. The van der Waals surface area contributed by atoms with E-state index in [-0.39, 0.29) is 0 Å². The van der Waals surface area contributed by atoms with E-state index >= 15 is 0 Å². The molecule has 0 fully saturated rings. The molecule has 0 heterocycles. The van der Waals surface area contributed by atoms with Crippen LogP contribution in [0.4, 0.5) is 0 Å². The Morgan fingerprint density at radius 1 is 1.18 bits per heavy atom. The third-order valence-electron chi connectivity index (χ3n) is 1.45. The summed E-state index contributed by atoms with van der Waals surface area (Å²) in [5.41, 5.74) is 1.83. The molecule has 1 rings (SSSR count). The molecule has 0 saturated heterocycles. The first kappa shape index (κ1) is 7.45. The lowest BCUT2D eigenvalue weighted by Crippen LogP contribution is -1.70. The van der Waals surface area contributed by atoms with Crippen LogP contribution in [-0.4, -0.2) is 0 Å². The molecule has 0 radical (unpaired) electrons. The van der Waals surface area contributed by atoms with Crippen molar-refractivity contribution in [3.8, 4) is 24.7 Å². The molecule has 0 N–H and O–H groups in total. The van der Waals surface area contributed by atoms with Gasteiger partial charge in [-0.05, 0) is 18.6 Å². The predicted octanol–water partition coefficient (Wildman–Crippen LogP) is 2.07. The Morgan fingerprint density at radius 3 is 2.64 bits per heavy atom. The van der Waals surface area contributed by atoms with E-state index in [1.165, 1.54) is 0 Å². The highest BCUT2D eigenvalue weighted by molar-refractivity contribution is 5.44. The van der Waals surface area contributed by atoms with Gasteiger partial charge in [0.15, 0.2) is 0 Å². The highest BCUT2D eigenvalue weighted by atomic mass is 14.0. The topological polar surface area (TPSA) is 0 Å². The normalized spacial score (nSPS) is 15.5. The fourth-order valence-electron chi connectivity index (χ4n) is 0.830. The van der Waals surface area contributed by atoms with Crippen LogP contribution in [0.15, 0.2) is 35.5 Å². The van der Waals surface area contributed by atoms with Crippen LogP contribution in [0, 0.1) is 24.7 Å². The predicted molar refractivity (Wildman–Crippen MR) is 47.6 cm³/mol. The summed E-state index contributed by atoms with van der Waals surface area (Å²) < 4.78 is 0. The van der Waals surface area contributed by atoms with Crippen molar-refractivity contribution in [1.29, 1.82) is 0 Å². The summed E-state index contributed by atoms with van der Waals surface area (Å²) in [5, 5.41) is 0. The van der Waals surface area contributed by atoms with Crippen molar-refractivity contribution < 1.29 is 0 Å². The van der Waals surface area contributed by atoms with Crippen molar-refractivity contribution in [2.24, 2.45) is 0 Å². The van der Waals surface area contributed by atoms with Crippen LogP contribution in [0.25, 0.3) is 0 Å². The zero-order valence-corrected chi connectivity index (χ0v) is 6.17. The smallest absolute Gasteiger partial charge is 0.0239 e. The Hall–Kier alpha value is -1.66. The Kier molecular flexibility index (Phi) is 2.37. The Labute approximate surface area is 67.3 Å². The molecule has 0 aliphatic heterocycles. The van der Waals surface area contributed by atoms with Gasteiger partial charge in [-0.3, -0.25) is 0 Å². The van der Waals surface area contributed by atoms with Gasteiger partial charge in [0.2, 0.25) is 0 Å². The van der Waals surface area contributed by atoms with Gasteiger partial charge in [-0.2, -0.15) is 0 Å². The number of terminal acetylenes is 2. The van der Waals surface area contributed by atoms with E-state index in [4.69, 9.17) is 12.8 Å². The quantitative estimate of drug-likeness (QED) is 0.452. The Balaban J connectivity index is 2.94. The van der Waals surface area contributed by atoms with Crippen molar-refractivity contribution >= 4 is 0 Å². The molecule has 0 heteroatoms. The first-order valence-electron chi connectivity index (χ1n) is 3.37. The molecule has 11 heavy (non-hydrogen) atoms. The van der Waals surface area contributed by atoms with Crippen molar-refractivity contribution in [3.63, 3.8) is 0 Å². The average molecular weight is 140 g/mol. The molecule has 0 aromatic heterocycles. The van der Waals surface area contributed by atoms with E-state index in [1.807, 2.05) is 24.3 Å². The minimum Gasteiger partial charge on any atom is -0.115 e. The maximum absolute atomic E-state index is 5.23. The van der Waals surface area contributed by atoms with E-state index in [1.54, 1.807) is 0 Å². The molecule has 0 spiro atoms. The minimum atomic E-state index is 0.804. The molecular weight excluding hydrogens is 132 g/mol. The van der Waals surface area contributed by atoms with Gasteiger partial charge < -0.3 is 0 Å². The second-order valence-corrected chi connectivity index (χ2v) is 2.21. The van der Waals surface area contributed by atoms with Crippen molar-refractivity contribution in [1.82, 2.24) is 0 Å². The zero-order chi connectivity index (χ0) is 8.10. The molecule has 0 amide bonds. The summed E-state index contributed by atoms with van der Waals surface area (Å²) in [6, 6.07) is 0. The van der Waals surface area contributed by atoms with Gasteiger partial charge in [-0.15, -0.1) is 12.8 Å². The van der Waals surface area contributed by atoms with Crippen molar-refractivity contribution in [3.05, 3.63) is 35.5 Å². The molecular formula is C11H8. The molecule has 0 atom stereocenters. The van der Waals surface area contributed by atoms with E-state index in [2.05, 4.69) is 11.8 Å². The summed E-state index contributed by atoms with van der Waals surface area (Å²) in [4.78, 5) is 0. The molecule has 0 aromatic carbocycles. The van der Waals surface area contributed by atoms with Gasteiger partial charge in [-0.1, -0.05) is 24.0 Å². The van der Waals surface area contributed by atoms with Crippen LogP contribution in [0.3, 0.4) is 0 Å². The molecule has 0 nitrogen and oxygen atoms in total. The SMILES string of the molecule is C#CC1=CC=C(C#C)CC=C1. The molecule has 0 bridgehead atoms. The van der Waals surface area contributed by atoms with Crippen molar-refractivity contribution in [2.75, 3.05) is 0 Å². The van der Waals surface area contributed by atoms with Gasteiger partial charge in [-0.25, -0.2) is 0 Å². The molecule has 1 aliphatic carbocycles. The first-order chi connectivity index (χ1) is 5.36. The van der Waals surface area contributed by atoms with Crippen LogP contribution in [0.5, 0.6) is 0 Å². The number of hydrogen-bond donors (Lipinski definition) is 0. The van der Waals surface area contributed by atoms with E-state index < -0.39 is 0 Å². The average Bonchev–Trinajstić information content (AvgIpc) is 2.28. The van der Waals surface area contributed by atoms with Gasteiger partial charge in [0, 0.05) is 11.1 Å². The van der Waals surface area contributed by atoms with Crippen LogP contribution in [-0.2, 0) is 0 Å². The summed E-state index contributed by atoms with van der Waals surface area (Å²) >= 11 is 0. The maximum Gasteiger partial charge on any atom is 0.0239 e. The van der Waals surface area contributed by atoms with Crippen LogP contribution in [0.2, 0.25) is 0 Å². The second-order valence-electron chi connectivity index (χ2n) is 2.21. The third-order valence-corrected chi connectivity index (χ3v) is 1.45. The number of rotatable bonds is 0. The van der Waals surface area contributed by atoms with E-state index in [9.17, 15) is 0 Å². The lowest BCUT2D eigenvalue weighted by atomic mass is 10.2. The Bertz CT molecular complexity index is 311. The molecule has 1 aliphatic rings. The van der Waals surface area contributed by atoms with Crippen LogP contribution < -0.4 is 0 Å². The number of allylic oxidation sites excluding steroid dienone is 6. The summed E-state index contributed by atoms with van der Waals surface area (Å²) in [5.74, 6) is 5.13. The molecule has 0 unspecified atom stereocenters. The monoisotopic (exact) mass is 140 g/mol. The minimum absolute atomic E-state index is 0.804. The zero-order valence-electron chi connectivity index (χ0n) is 6.17. The fraction of sp³-hybridized carbons (Fsp3) is 0.0909. The van der Waals surface area contributed by atoms with E-state index in [0.717, 1.165) is 17.6 Å². The molecule has 0 aromatic rings. The summed E-state index contributed by atoms with van der Waals surface area (Å²) in [6.45, 7) is 0. The third kappa shape index (κ3) is 1.88. The van der Waals surface area contributed by atoms with Gasteiger partial charge >= 0.3 is 0 Å². The fourth-order valence-corrected chi connectivity index (χ4v) is 0.830. The van der Waals surface area contributed by atoms with Gasteiger partial charge in [0.25, 0.3) is 0 Å². The molecule has 0 saturated carbocycles. The van der Waals surface area contributed by atoms with Gasteiger partial charge in [0.05, 0.1) is 0 Å². The lowest BCUT2D eigenvalue weighted by molar-refractivity contribution is 1.32. The van der Waals surface area contributed by atoms with Crippen LogP contribution in [0.1, 0.15) is 6.42 Å². The standard InChI is InChI=1S/C11H8/c1-3-10-6-5-7-11(4-2)9-8-10/h1-2,5-6,8-9H,7H2. The lowest BCUT2D eigenvalue weighted by Gasteiger charge is -1.86. The largest absolute Gasteiger partial charge is 0.115 e. The second kappa shape index (κ2) is 3.49. The maximum atomic E-state index is 5.23. The Morgan fingerprint density at radius 2 is 2.00 bits per heavy atom. The summed E-state index contributed by atoms with van der Waals surface area (Å²) in [6.07, 6.45) is 18.9. The summed E-state index contributed by atoms with van der Waals surface area (Å²) in [7, 11) is 0. The van der Waals surface area contributed by atoms with Gasteiger partial charge in [0.1, 0.15) is 0 Å². The molecule has 52 valence electrons. The first-order valence-corrected chi connectivity index (χ1v) is 3.37.